The molecule has 4 nitrogen and oxygen atoms in total. The van der Waals surface area contributed by atoms with Crippen LogP contribution in [0.3, 0.4) is 0 Å². The molecule has 1 amide bonds. The second-order valence-electron chi connectivity index (χ2n) is 8.45. The number of hydrogen-bond donors (Lipinski definition) is 1. The predicted octanol–water partition coefficient (Wildman–Crippen LogP) is 3.14. The van der Waals surface area contributed by atoms with Crippen molar-refractivity contribution < 1.29 is 9.53 Å². The Morgan fingerprint density at radius 2 is 1.96 bits per heavy atom. The van der Waals surface area contributed by atoms with Gasteiger partial charge in [-0.25, -0.2) is 0 Å². The van der Waals surface area contributed by atoms with Crippen LogP contribution < -0.4 is 10.1 Å². The molecule has 2 heterocycles. The van der Waals surface area contributed by atoms with Gasteiger partial charge in [-0.3, -0.25) is 9.69 Å². The Bertz CT molecular complexity index is 651. The lowest BCUT2D eigenvalue weighted by Gasteiger charge is -2.34. The van der Waals surface area contributed by atoms with Gasteiger partial charge in [0.1, 0.15) is 5.75 Å². The average Bonchev–Trinajstić information content (AvgIpc) is 3.15. The smallest absolute Gasteiger partial charge is 0.225 e. The Morgan fingerprint density at radius 1 is 1.16 bits per heavy atom. The van der Waals surface area contributed by atoms with E-state index in [1.165, 1.54) is 31.2 Å². The van der Waals surface area contributed by atoms with Gasteiger partial charge in [0.2, 0.25) is 5.91 Å². The van der Waals surface area contributed by atoms with E-state index < -0.39 is 0 Å². The zero-order valence-electron chi connectivity index (χ0n) is 14.8. The fourth-order valence-corrected chi connectivity index (χ4v) is 5.15. The van der Waals surface area contributed by atoms with E-state index in [4.69, 9.17) is 4.74 Å². The SMILES string of the molecule is O=C(NC1CCCC1)[C@@H]1CN(CC2CC2)[C@H]2c3ccccc3OC[C@@H]12. The van der Waals surface area contributed by atoms with Crippen molar-refractivity contribution in [2.24, 2.45) is 17.8 Å². The molecule has 1 saturated heterocycles. The third-order valence-corrected chi connectivity index (χ3v) is 6.64. The van der Waals surface area contributed by atoms with Gasteiger partial charge in [0, 0.05) is 36.7 Å². The molecule has 4 aliphatic rings. The predicted molar refractivity (Wildman–Crippen MR) is 96.4 cm³/mol. The van der Waals surface area contributed by atoms with Crippen molar-refractivity contribution >= 4 is 5.91 Å². The molecule has 2 aliphatic carbocycles. The van der Waals surface area contributed by atoms with Gasteiger partial charge < -0.3 is 10.1 Å². The Balaban J connectivity index is 1.39. The van der Waals surface area contributed by atoms with Gasteiger partial charge in [0.15, 0.2) is 0 Å². The van der Waals surface area contributed by atoms with Crippen LogP contribution in [0.4, 0.5) is 0 Å². The van der Waals surface area contributed by atoms with Crippen molar-refractivity contribution in [1.29, 1.82) is 0 Å². The largest absolute Gasteiger partial charge is 0.493 e. The highest BCUT2D eigenvalue weighted by atomic mass is 16.5. The van der Waals surface area contributed by atoms with E-state index in [-0.39, 0.29) is 17.7 Å². The van der Waals surface area contributed by atoms with Gasteiger partial charge in [-0.15, -0.1) is 0 Å². The molecule has 5 rings (SSSR count). The lowest BCUT2D eigenvalue weighted by Crippen LogP contribution is -2.42. The summed E-state index contributed by atoms with van der Waals surface area (Å²) in [6.07, 6.45) is 7.52. The van der Waals surface area contributed by atoms with Crippen LogP contribution in [0.2, 0.25) is 0 Å². The maximum Gasteiger partial charge on any atom is 0.225 e. The zero-order valence-corrected chi connectivity index (χ0v) is 14.8. The first-order chi connectivity index (χ1) is 12.3. The number of rotatable bonds is 4. The summed E-state index contributed by atoms with van der Waals surface area (Å²) < 4.78 is 6.05. The number of benzene rings is 1. The molecule has 2 aliphatic heterocycles. The van der Waals surface area contributed by atoms with Gasteiger partial charge in [0.05, 0.1) is 12.5 Å². The van der Waals surface area contributed by atoms with E-state index in [1.54, 1.807) is 0 Å². The van der Waals surface area contributed by atoms with Crippen LogP contribution in [-0.2, 0) is 4.79 Å². The van der Waals surface area contributed by atoms with Crippen LogP contribution in [0, 0.1) is 17.8 Å². The molecule has 2 saturated carbocycles. The summed E-state index contributed by atoms with van der Waals surface area (Å²) in [7, 11) is 0. The summed E-state index contributed by atoms with van der Waals surface area (Å²) in [5.41, 5.74) is 1.29. The van der Waals surface area contributed by atoms with Crippen LogP contribution in [0.5, 0.6) is 5.75 Å². The van der Waals surface area contributed by atoms with E-state index >= 15 is 0 Å². The van der Waals surface area contributed by atoms with E-state index in [9.17, 15) is 4.79 Å². The van der Waals surface area contributed by atoms with Crippen molar-refractivity contribution in [3.63, 3.8) is 0 Å². The van der Waals surface area contributed by atoms with Crippen molar-refractivity contribution in [3.8, 4) is 5.75 Å². The molecular weight excluding hydrogens is 312 g/mol. The maximum atomic E-state index is 13.0. The number of nitrogens with zero attached hydrogens (tertiary/aromatic N) is 1. The fraction of sp³-hybridized carbons (Fsp3) is 0.667. The second-order valence-corrected chi connectivity index (χ2v) is 8.45. The summed E-state index contributed by atoms with van der Waals surface area (Å²) in [6.45, 7) is 2.70. The van der Waals surface area contributed by atoms with Crippen molar-refractivity contribution in [2.45, 2.75) is 50.6 Å². The number of fused-ring (bicyclic) bond motifs is 3. The van der Waals surface area contributed by atoms with Gasteiger partial charge in [-0.05, 0) is 37.7 Å². The minimum atomic E-state index is 0.0673. The Labute approximate surface area is 149 Å². The van der Waals surface area contributed by atoms with Crippen LogP contribution in [0.25, 0.3) is 0 Å². The van der Waals surface area contributed by atoms with Crippen LogP contribution in [0.1, 0.15) is 50.1 Å². The van der Waals surface area contributed by atoms with Crippen LogP contribution in [-0.4, -0.2) is 36.5 Å². The second kappa shape index (κ2) is 6.31. The normalized spacial score (nSPS) is 32.1. The number of carbonyl (C=O) groups excluding carboxylic acids is 1. The topological polar surface area (TPSA) is 41.6 Å². The number of nitrogens with one attached hydrogen (secondary N) is 1. The van der Waals surface area contributed by atoms with E-state index in [0.717, 1.165) is 37.6 Å². The molecule has 0 radical (unpaired) electrons. The zero-order chi connectivity index (χ0) is 16.8. The van der Waals surface area contributed by atoms with Crippen LogP contribution in [0.15, 0.2) is 24.3 Å². The lowest BCUT2D eigenvalue weighted by atomic mass is 9.84. The van der Waals surface area contributed by atoms with E-state index in [2.05, 4.69) is 28.4 Å². The third-order valence-electron chi connectivity index (χ3n) is 6.64. The molecule has 1 aromatic carbocycles. The first-order valence-electron chi connectivity index (χ1n) is 10.1. The highest BCUT2D eigenvalue weighted by Gasteiger charge is 2.50. The lowest BCUT2D eigenvalue weighted by molar-refractivity contribution is -0.127. The summed E-state index contributed by atoms with van der Waals surface area (Å²) in [5.74, 6) is 2.48. The molecule has 0 bridgehead atoms. The van der Waals surface area contributed by atoms with Gasteiger partial charge in [-0.2, -0.15) is 0 Å². The highest BCUT2D eigenvalue weighted by Crippen LogP contribution is 2.48. The number of hydrogen-bond acceptors (Lipinski definition) is 3. The monoisotopic (exact) mass is 340 g/mol. The molecular formula is C21H28N2O2. The quantitative estimate of drug-likeness (QED) is 0.915. The number of likely N-dealkylation sites (tertiary alicyclic amines) is 1. The Hall–Kier alpha value is -1.55. The highest BCUT2D eigenvalue weighted by molar-refractivity contribution is 5.80. The number of para-hydroxylation sites is 1. The molecule has 4 heteroatoms. The summed E-state index contributed by atoms with van der Waals surface area (Å²) in [4.78, 5) is 15.6. The molecule has 0 aromatic heterocycles. The van der Waals surface area contributed by atoms with Gasteiger partial charge in [0.25, 0.3) is 0 Å². The number of carbonyl (C=O) groups is 1. The average molecular weight is 340 g/mol. The first-order valence-corrected chi connectivity index (χ1v) is 10.1. The molecule has 1 aromatic rings. The summed E-state index contributed by atoms with van der Waals surface area (Å²) in [6, 6.07) is 9.18. The minimum absolute atomic E-state index is 0.0673. The molecule has 3 atom stereocenters. The van der Waals surface area contributed by atoms with Gasteiger partial charge in [-0.1, -0.05) is 31.0 Å². The summed E-state index contributed by atoms with van der Waals surface area (Å²) >= 11 is 0. The van der Waals surface area contributed by atoms with Crippen LogP contribution >= 0.6 is 0 Å². The van der Waals surface area contributed by atoms with Crippen molar-refractivity contribution in [2.75, 3.05) is 19.7 Å². The molecule has 1 N–H and O–H groups in total. The van der Waals surface area contributed by atoms with Crippen molar-refractivity contribution in [3.05, 3.63) is 29.8 Å². The minimum Gasteiger partial charge on any atom is -0.493 e. The molecule has 0 unspecified atom stereocenters. The maximum absolute atomic E-state index is 13.0. The fourth-order valence-electron chi connectivity index (χ4n) is 5.15. The Kier molecular flexibility index (Phi) is 3.96. The van der Waals surface area contributed by atoms with Crippen molar-refractivity contribution in [1.82, 2.24) is 10.2 Å². The molecule has 0 spiro atoms. The van der Waals surface area contributed by atoms with E-state index in [0.29, 0.717) is 18.7 Å². The summed E-state index contributed by atoms with van der Waals surface area (Å²) in [5, 5.41) is 3.35. The Morgan fingerprint density at radius 3 is 2.76 bits per heavy atom. The standard InChI is InChI=1S/C21H28N2O2/c24-21(22-15-5-1-2-6-15)17-12-23(11-14-9-10-14)20-16-7-3-4-8-19(16)25-13-18(17)20/h3-4,7-8,14-15,17-18,20H,1-2,5-6,9-13H2,(H,22,24)/t17-,18+,20+/m1/s1. The number of ether oxygens (including phenoxy) is 1. The molecule has 134 valence electrons. The number of amides is 1. The van der Waals surface area contributed by atoms with E-state index in [1.807, 2.05) is 6.07 Å². The third kappa shape index (κ3) is 2.95. The molecule has 25 heavy (non-hydrogen) atoms. The van der Waals surface area contributed by atoms with Gasteiger partial charge >= 0.3 is 0 Å². The first kappa shape index (κ1) is 15.7. The molecule has 3 fully saturated rings.